The van der Waals surface area contributed by atoms with E-state index in [-0.39, 0.29) is 17.0 Å². The van der Waals surface area contributed by atoms with Crippen molar-refractivity contribution in [1.29, 1.82) is 0 Å². The molecule has 2 heterocycles. The number of amides is 1. The van der Waals surface area contributed by atoms with Crippen molar-refractivity contribution in [2.75, 3.05) is 12.4 Å². The molecule has 0 saturated heterocycles. The van der Waals surface area contributed by atoms with Gasteiger partial charge in [-0.25, -0.2) is 4.79 Å². The zero-order valence-corrected chi connectivity index (χ0v) is 19.0. The average molecular weight is 460 g/mol. The van der Waals surface area contributed by atoms with Gasteiger partial charge in [0.2, 0.25) is 0 Å². The van der Waals surface area contributed by atoms with Gasteiger partial charge in [-0.15, -0.1) is 22.7 Å². The van der Waals surface area contributed by atoms with Gasteiger partial charge >= 0.3 is 5.97 Å². The molecule has 1 aromatic carbocycles. The van der Waals surface area contributed by atoms with Crippen LogP contribution in [0.4, 0.5) is 5.00 Å². The molecule has 2 aromatic heterocycles. The molecule has 0 radical (unpaired) electrons. The Morgan fingerprint density at radius 1 is 1.23 bits per heavy atom. The van der Waals surface area contributed by atoms with Crippen LogP contribution in [0, 0.1) is 5.92 Å². The van der Waals surface area contributed by atoms with Crippen LogP contribution in [-0.2, 0) is 17.6 Å². The lowest BCUT2D eigenvalue weighted by Gasteiger charge is -2.18. The predicted octanol–water partition coefficient (Wildman–Crippen LogP) is 4.51. The van der Waals surface area contributed by atoms with Crippen molar-refractivity contribution in [3.05, 3.63) is 51.2 Å². The Balaban J connectivity index is 1.46. The van der Waals surface area contributed by atoms with E-state index in [2.05, 4.69) is 23.1 Å². The van der Waals surface area contributed by atoms with Crippen molar-refractivity contribution in [3.63, 3.8) is 0 Å². The van der Waals surface area contributed by atoms with E-state index in [9.17, 15) is 9.59 Å². The lowest BCUT2D eigenvalue weighted by Crippen LogP contribution is -2.43. The zero-order chi connectivity index (χ0) is 21.3. The number of rotatable bonds is 3. The molecule has 1 aliphatic carbocycles. The predicted molar refractivity (Wildman–Crippen MR) is 125 cm³/mol. The number of carbonyl (C=O) groups excluding carboxylic acids is 2. The first-order valence-corrected chi connectivity index (χ1v) is 11.6. The number of thiocarbonyl (C=S) groups is 1. The number of fused-ring (bicyclic) bond motifs is 2. The van der Waals surface area contributed by atoms with E-state index >= 15 is 0 Å². The Hall–Kier alpha value is -2.49. The van der Waals surface area contributed by atoms with Gasteiger partial charge in [-0.1, -0.05) is 25.1 Å². The molecule has 0 saturated carbocycles. The van der Waals surface area contributed by atoms with Crippen molar-refractivity contribution < 1.29 is 14.3 Å². The summed E-state index contributed by atoms with van der Waals surface area (Å²) in [6.07, 6.45) is 2.83. The monoisotopic (exact) mass is 459 g/mol. The van der Waals surface area contributed by atoms with Crippen LogP contribution in [0.5, 0.6) is 0 Å². The lowest BCUT2D eigenvalue weighted by atomic mass is 9.88. The second-order valence-electron chi connectivity index (χ2n) is 7.23. The van der Waals surface area contributed by atoms with E-state index < -0.39 is 0 Å². The maximum absolute atomic E-state index is 12.6. The van der Waals surface area contributed by atoms with Crippen molar-refractivity contribution >= 4 is 67.0 Å². The molecule has 0 spiro atoms. The summed E-state index contributed by atoms with van der Waals surface area (Å²) in [7, 11) is 1.38. The minimum atomic E-state index is -0.374. The number of anilines is 1. The Bertz CT molecular complexity index is 1140. The van der Waals surface area contributed by atoms with Gasteiger partial charge in [-0.2, -0.15) is 0 Å². The summed E-state index contributed by atoms with van der Waals surface area (Å²) in [6, 6.07) is 7.73. The van der Waals surface area contributed by atoms with Gasteiger partial charge in [-0.05, 0) is 49.0 Å². The van der Waals surface area contributed by atoms with E-state index in [1.54, 1.807) is 0 Å². The van der Waals surface area contributed by atoms with Crippen molar-refractivity contribution in [1.82, 2.24) is 10.9 Å². The SMILES string of the molecule is COC(=O)c1c(NC(=S)NNC(=O)c2csc3ccccc23)sc2c1CCC(C)C2. The first kappa shape index (κ1) is 20.8. The molecule has 0 aliphatic heterocycles. The third-order valence-electron chi connectivity index (χ3n) is 5.14. The number of esters is 1. The molecule has 30 heavy (non-hydrogen) atoms. The van der Waals surface area contributed by atoms with Crippen LogP contribution in [0.15, 0.2) is 29.6 Å². The fourth-order valence-electron chi connectivity index (χ4n) is 3.63. The number of hydrogen-bond acceptors (Lipinski definition) is 6. The van der Waals surface area contributed by atoms with Crippen LogP contribution < -0.4 is 16.2 Å². The van der Waals surface area contributed by atoms with Gasteiger partial charge in [0.1, 0.15) is 5.00 Å². The molecular formula is C21H21N3O3S3. The van der Waals surface area contributed by atoms with Crippen LogP contribution in [0.1, 0.15) is 44.5 Å². The highest BCUT2D eigenvalue weighted by Gasteiger charge is 2.28. The topological polar surface area (TPSA) is 79.5 Å². The van der Waals surface area contributed by atoms with Gasteiger partial charge in [0, 0.05) is 20.3 Å². The van der Waals surface area contributed by atoms with Gasteiger partial charge in [0.25, 0.3) is 5.91 Å². The number of thiophene rings is 2. The number of hydrogen-bond donors (Lipinski definition) is 3. The summed E-state index contributed by atoms with van der Waals surface area (Å²) in [4.78, 5) is 26.1. The van der Waals surface area contributed by atoms with Gasteiger partial charge in [0.05, 0.1) is 18.2 Å². The summed E-state index contributed by atoms with van der Waals surface area (Å²) in [5.74, 6) is -0.0653. The van der Waals surface area contributed by atoms with Gasteiger partial charge in [0.15, 0.2) is 5.11 Å². The Morgan fingerprint density at radius 2 is 2.03 bits per heavy atom. The molecule has 3 aromatic rings. The summed E-state index contributed by atoms with van der Waals surface area (Å²) < 4.78 is 6.04. The van der Waals surface area contributed by atoms with E-state index in [0.717, 1.165) is 34.9 Å². The van der Waals surface area contributed by atoms with Crippen molar-refractivity contribution in [2.45, 2.75) is 26.2 Å². The smallest absolute Gasteiger partial charge is 0.341 e. The largest absolute Gasteiger partial charge is 0.465 e. The molecule has 1 atom stereocenters. The molecule has 6 nitrogen and oxygen atoms in total. The Morgan fingerprint density at radius 3 is 2.83 bits per heavy atom. The van der Waals surface area contributed by atoms with Crippen LogP contribution >= 0.6 is 34.9 Å². The van der Waals surface area contributed by atoms with Crippen molar-refractivity contribution in [3.8, 4) is 0 Å². The minimum Gasteiger partial charge on any atom is -0.465 e. The van der Waals surface area contributed by atoms with E-state index in [4.69, 9.17) is 17.0 Å². The molecule has 0 fully saturated rings. The molecule has 156 valence electrons. The molecule has 4 rings (SSSR count). The molecule has 1 aliphatic rings. The number of hydrazine groups is 1. The maximum atomic E-state index is 12.6. The molecule has 1 unspecified atom stereocenters. The summed E-state index contributed by atoms with van der Waals surface area (Å²) in [5.41, 5.74) is 7.54. The van der Waals surface area contributed by atoms with Crippen LogP contribution in [0.3, 0.4) is 0 Å². The standard InChI is InChI=1S/C21H21N3O3S3/c1-11-7-8-13-16(9-11)30-19(17(13)20(26)27-2)22-21(28)24-23-18(25)14-10-29-15-6-4-3-5-12(14)15/h3-6,10-11H,7-9H2,1-2H3,(H,23,25)(H2,22,24,28). The maximum Gasteiger partial charge on any atom is 0.341 e. The molecular weight excluding hydrogens is 438 g/mol. The average Bonchev–Trinajstić information content (AvgIpc) is 3.32. The number of nitrogens with one attached hydrogen (secondary N) is 3. The highest BCUT2D eigenvalue weighted by atomic mass is 32.1. The van der Waals surface area contributed by atoms with E-state index in [1.165, 1.54) is 34.7 Å². The van der Waals surface area contributed by atoms with Gasteiger partial charge in [-0.3, -0.25) is 15.6 Å². The van der Waals surface area contributed by atoms with Crippen LogP contribution in [-0.4, -0.2) is 24.1 Å². The Labute approximate surface area is 187 Å². The van der Waals surface area contributed by atoms with E-state index in [1.807, 2.05) is 29.6 Å². The summed E-state index contributed by atoms with van der Waals surface area (Å²) in [5, 5.41) is 6.63. The molecule has 9 heteroatoms. The van der Waals surface area contributed by atoms with Crippen LogP contribution in [0.2, 0.25) is 0 Å². The second kappa shape index (κ2) is 8.71. The zero-order valence-electron chi connectivity index (χ0n) is 16.5. The van der Waals surface area contributed by atoms with Gasteiger partial charge < -0.3 is 10.1 Å². The van der Waals surface area contributed by atoms with Crippen molar-refractivity contribution in [2.24, 2.45) is 5.92 Å². The first-order chi connectivity index (χ1) is 14.5. The number of benzene rings is 1. The molecule has 1 amide bonds. The quantitative estimate of drug-likeness (QED) is 0.304. The van der Waals surface area contributed by atoms with E-state index in [0.29, 0.717) is 22.0 Å². The van der Waals surface area contributed by atoms with Crippen LogP contribution in [0.25, 0.3) is 10.1 Å². The number of carbonyl (C=O) groups is 2. The summed E-state index contributed by atoms with van der Waals surface area (Å²) >= 11 is 8.38. The number of methoxy groups -OCH3 is 1. The second-order valence-corrected chi connectivity index (χ2v) is 9.65. The third-order valence-corrected chi connectivity index (χ3v) is 7.48. The normalized spacial score (nSPS) is 15.3. The fraction of sp³-hybridized carbons (Fsp3) is 0.286. The lowest BCUT2D eigenvalue weighted by molar-refractivity contribution is 0.0600. The Kier molecular flexibility index (Phi) is 6.03. The number of ether oxygens (including phenoxy) is 1. The third kappa shape index (κ3) is 4.05. The first-order valence-electron chi connectivity index (χ1n) is 9.54. The summed E-state index contributed by atoms with van der Waals surface area (Å²) in [6.45, 7) is 2.21. The molecule has 0 bridgehead atoms. The minimum absolute atomic E-state index is 0.208. The molecule has 3 N–H and O–H groups in total. The highest BCUT2D eigenvalue weighted by molar-refractivity contribution is 7.80. The highest BCUT2D eigenvalue weighted by Crippen LogP contribution is 2.40. The fourth-order valence-corrected chi connectivity index (χ4v) is 6.19.